The highest BCUT2D eigenvalue weighted by molar-refractivity contribution is 9.10. The summed E-state index contributed by atoms with van der Waals surface area (Å²) >= 11 is 3.29. The van der Waals surface area contributed by atoms with E-state index in [4.69, 9.17) is 4.42 Å². The molecule has 1 aliphatic heterocycles. The second-order valence-corrected chi connectivity index (χ2v) is 5.92. The fraction of sp³-hybridized carbons (Fsp3) is 0.643. The summed E-state index contributed by atoms with van der Waals surface area (Å²) in [5.41, 5.74) is 0. The highest BCUT2D eigenvalue weighted by Gasteiger charge is 2.24. The Morgan fingerprint density at radius 2 is 2.00 bits per heavy atom. The van der Waals surface area contributed by atoms with Crippen molar-refractivity contribution in [2.75, 3.05) is 13.1 Å². The van der Waals surface area contributed by atoms with Gasteiger partial charge in [-0.2, -0.15) is 0 Å². The first-order valence-corrected chi connectivity index (χ1v) is 7.67. The van der Waals surface area contributed by atoms with Crippen molar-refractivity contribution in [1.82, 2.24) is 10.2 Å². The van der Waals surface area contributed by atoms with Gasteiger partial charge in [0.25, 0.3) is 0 Å². The van der Waals surface area contributed by atoms with Crippen LogP contribution in [0.2, 0.25) is 0 Å². The Morgan fingerprint density at radius 1 is 1.32 bits per heavy atom. The molecule has 2 rings (SSSR count). The van der Waals surface area contributed by atoms with Gasteiger partial charge in [0.15, 0.2) is 4.67 Å². The topological polar surface area (TPSA) is 45.5 Å². The van der Waals surface area contributed by atoms with Gasteiger partial charge in [-0.3, -0.25) is 10.1 Å². The molecule has 1 amide bonds. The maximum Gasteiger partial charge on any atom is 0.239 e. The first kappa shape index (κ1) is 14.6. The Labute approximate surface area is 122 Å². The number of piperidine rings is 1. The average molecular weight is 329 g/mol. The van der Waals surface area contributed by atoms with Crippen molar-refractivity contribution >= 4 is 21.8 Å². The second-order valence-electron chi connectivity index (χ2n) is 5.14. The first-order valence-electron chi connectivity index (χ1n) is 6.88. The molecular formula is C14H21BrN2O2. The van der Waals surface area contributed by atoms with E-state index in [0.29, 0.717) is 4.67 Å². The fourth-order valence-corrected chi connectivity index (χ4v) is 2.80. The molecule has 5 heteroatoms. The van der Waals surface area contributed by atoms with E-state index < -0.39 is 0 Å². The van der Waals surface area contributed by atoms with Crippen LogP contribution in [0.5, 0.6) is 0 Å². The molecule has 1 aromatic heterocycles. The SMILES string of the molecule is CC(NC(C)c1ccc(Br)o1)C(=O)N1CCCCC1. The molecule has 1 N–H and O–H groups in total. The largest absolute Gasteiger partial charge is 0.453 e. The van der Waals surface area contributed by atoms with Gasteiger partial charge < -0.3 is 9.32 Å². The van der Waals surface area contributed by atoms with Crippen molar-refractivity contribution in [1.29, 1.82) is 0 Å². The third kappa shape index (κ3) is 3.83. The molecule has 1 saturated heterocycles. The van der Waals surface area contributed by atoms with Crippen molar-refractivity contribution in [2.45, 2.75) is 45.2 Å². The van der Waals surface area contributed by atoms with Gasteiger partial charge in [-0.15, -0.1) is 0 Å². The van der Waals surface area contributed by atoms with Gasteiger partial charge in [0.1, 0.15) is 5.76 Å². The quantitative estimate of drug-likeness (QED) is 0.923. The molecule has 1 aliphatic rings. The van der Waals surface area contributed by atoms with E-state index >= 15 is 0 Å². The van der Waals surface area contributed by atoms with Crippen molar-refractivity contribution in [2.24, 2.45) is 0 Å². The number of carbonyl (C=O) groups excluding carboxylic acids is 1. The number of nitrogens with one attached hydrogen (secondary N) is 1. The van der Waals surface area contributed by atoms with Gasteiger partial charge in [-0.1, -0.05) is 0 Å². The molecule has 106 valence electrons. The number of furan rings is 1. The molecule has 0 bridgehead atoms. The number of likely N-dealkylation sites (tertiary alicyclic amines) is 1. The standard InChI is InChI=1S/C14H21BrN2O2/c1-10(12-6-7-13(15)19-12)16-11(2)14(18)17-8-4-3-5-9-17/h6-7,10-11,16H,3-5,8-9H2,1-2H3. The van der Waals surface area contributed by atoms with Gasteiger partial charge in [0.05, 0.1) is 12.1 Å². The molecule has 0 aromatic carbocycles. The Kier molecular flexibility index (Phi) is 5.05. The van der Waals surface area contributed by atoms with Crippen LogP contribution in [0.4, 0.5) is 0 Å². The molecule has 1 aromatic rings. The molecular weight excluding hydrogens is 308 g/mol. The molecule has 1 fully saturated rings. The van der Waals surface area contributed by atoms with Crippen LogP contribution < -0.4 is 5.32 Å². The lowest BCUT2D eigenvalue weighted by Gasteiger charge is -2.30. The predicted molar refractivity (Wildman–Crippen MR) is 77.9 cm³/mol. The molecule has 2 atom stereocenters. The Morgan fingerprint density at radius 3 is 2.58 bits per heavy atom. The first-order chi connectivity index (χ1) is 9.08. The van der Waals surface area contributed by atoms with Crippen LogP contribution in [0.15, 0.2) is 21.2 Å². The molecule has 4 nitrogen and oxygen atoms in total. The van der Waals surface area contributed by atoms with Crippen molar-refractivity contribution in [3.8, 4) is 0 Å². The summed E-state index contributed by atoms with van der Waals surface area (Å²) in [6, 6.07) is 3.62. The number of nitrogens with zero attached hydrogens (tertiary/aromatic N) is 1. The maximum atomic E-state index is 12.3. The number of carbonyl (C=O) groups is 1. The maximum absolute atomic E-state index is 12.3. The zero-order chi connectivity index (χ0) is 13.8. The number of halogens is 1. The van der Waals surface area contributed by atoms with E-state index in [1.54, 1.807) is 0 Å². The minimum Gasteiger partial charge on any atom is -0.453 e. The number of amides is 1. The summed E-state index contributed by atoms with van der Waals surface area (Å²) in [6.07, 6.45) is 3.49. The summed E-state index contributed by atoms with van der Waals surface area (Å²) in [5, 5.41) is 3.30. The third-order valence-electron chi connectivity index (χ3n) is 3.56. The van der Waals surface area contributed by atoms with Crippen LogP contribution in [0, 0.1) is 0 Å². The van der Waals surface area contributed by atoms with E-state index in [1.807, 2.05) is 30.9 Å². The predicted octanol–water partition coefficient (Wildman–Crippen LogP) is 3.09. The van der Waals surface area contributed by atoms with Crippen LogP contribution in [-0.4, -0.2) is 29.9 Å². The van der Waals surface area contributed by atoms with Crippen LogP contribution in [-0.2, 0) is 4.79 Å². The van der Waals surface area contributed by atoms with Crippen molar-refractivity contribution in [3.05, 3.63) is 22.6 Å². The highest BCUT2D eigenvalue weighted by Crippen LogP contribution is 2.20. The monoisotopic (exact) mass is 328 g/mol. The molecule has 2 unspecified atom stereocenters. The average Bonchev–Trinajstić information content (AvgIpc) is 2.85. The van der Waals surface area contributed by atoms with Gasteiger partial charge in [-0.05, 0) is 61.2 Å². The molecule has 0 saturated carbocycles. The minimum absolute atomic E-state index is 0.0232. The summed E-state index contributed by atoms with van der Waals surface area (Å²) in [5.74, 6) is 1.03. The molecule has 0 aliphatic carbocycles. The second kappa shape index (κ2) is 6.57. The third-order valence-corrected chi connectivity index (χ3v) is 3.99. The van der Waals surface area contributed by atoms with Crippen molar-refractivity contribution < 1.29 is 9.21 Å². The fourth-order valence-electron chi connectivity index (χ4n) is 2.48. The molecule has 2 heterocycles. The summed E-state index contributed by atoms with van der Waals surface area (Å²) < 4.78 is 6.21. The number of hydrogen-bond acceptors (Lipinski definition) is 3. The lowest BCUT2D eigenvalue weighted by atomic mass is 10.1. The van der Waals surface area contributed by atoms with Gasteiger partial charge >= 0.3 is 0 Å². The van der Waals surface area contributed by atoms with Gasteiger partial charge in [-0.25, -0.2) is 0 Å². The van der Waals surface area contributed by atoms with Gasteiger partial charge in [0.2, 0.25) is 5.91 Å². The van der Waals surface area contributed by atoms with Crippen molar-refractivity contribution in [3.63, 3.8) is 0 Å². The van der Waals surface area contributed by atoms with E-state index in [2.05, 4.69) is 21.2 Å². The lowest BCUT2D eigenvalue weighted by Crippen LogP contribution is -2.47. The molecule has 0 radical (unpaired) electrons. The Bertz CT molecular complexity index is 427. The zero-order valence-corrected chi connectivity index (χ0v) is 13.1. The smallest absolute Gasteiger partial charge is 0.239 e. The van der Waals surface area contributed by atoms with Gasteiger partial charge in [0, 0.05) is 13.1 Å². The Balaban J connectivity index is 1.89. The molecule has 0 spiro atoms. The summed E-state index contributed by atoms with van der Waals surface area (Å²) in [4.78, 5) is 14.3. The van der Waals surface area contributed by atoms with E-state index in [1.165, 1.54) is 6.42 Å². The number of hydrogen-bond donors (Lipinski definition) is 1. The van der Waals surface area contributed by atoms with E-state index in [0.717, 1.165) is 31.7 Å². The van der Waals surface area contributed by atoms with Crippen LogP contribution >= 0.6 is 15.9 Å². The van der Waals surface area contributed by atoms with Crippen LogP contribution in [0.3, 0.4) is 0 Å². The number of rotatable bonds is 4. The zero-order valence-electron chi connectivity index (χ0n) is 11.5. The molecule has 19 heavy (non-hydrogen) atoms. The summed E-state index contributed by atoms with van der Waals surface area (Å²) in [7, 11) is 0. The Hall–Kier alpha value is -0.810. The minimum atomic E-state index is -0.183. The lowest BCUT2D eigenvalue weighted by molar-refractivity contribution is -0.134. The van der Waals surface area contributed by atoms with E-state index in [-0.39, 0.29) is 18.0 Å². The van der Waals surface area contributed by atoms with Crippen LogP contribution in [0.1, 0.15) is 44.9 Å². The highest BCUT2D eigenvalue weighted by atomic mass is 79.9. The van der Waals surface area contributed by atoms with Crippen LogP contribution in [0.25, 0.3) is 0 Å². The summed E-state index contributed by atoms with van der Waals surface area (Å²) in [6.45, 7) is 5.72. The normalized spacial score (nSPS) is 19.2. The van der Waals surface area contributed by atoms with E-state index in [9.17, 15) is 4.79 Å².